The summed E-state index contributed by atoms with van der Waals surface area (Å²) in [4.78, 5) is 13.4. The number of rotatable bonds is 2. The third kappa shape index (κ3) is 2.36. The Morgan fingerprint density at radius 2 is 1.95 bits per heavy atom. The molecular formula is C15H13BrN4. The van der Waals surface area contributed by atoms with E-state index in [1.807, 2.05) is 32.2 Å². The number of halogens is 1. The van der Waals surface area contributed by atoms with Crippen molar-refractivity contribution in [2.45, 2.75) is 6.92 Å². The number of hydrogen-bond acceptors (Lipinski definition) is 4. The van der Waals surface area contributed by atoms with Crippen molar-refractivity contribution in [1.82, 2.24) is 15.0 Å². The SMILES string of the molecule is CNc1nc(-c2ccc3nc(C)ccc3c2)ncc1Br. The van der Waals surface area contributed by atoms with Crippen LogP contribution in [0, 0.1) is 6.92 Å². The first-order valence-corrected chi connectivity index (χ1v) is 7.05. The van der Waals surface area contributed by atoms with Crippen LogP contribution >= 0.6 is 15.9 Å². The Labute approximate surface area is 125 Å². The largest absolute Gasteiger partial charge is 0.372 e. The molecule has 4 nitrogen and oxygen atoms in total. The van der Waals surface area contributed by atoms with Gasteiger partial charge in [0.05, 0.1) is 9.99 Å². The quantitative estimate of drug-likeness (QED) is 0.777. The Bertz CT molecular complexity index is 786. The highest BCUT2D eigenvalue weighted by atomic mass is 79.9. The van der Waals surface area contributed by atoms with Gasteiger partial charge in [-0.1, -0.05) is 6.07 Å². The number of benzene rings is 1. The van der Waals surface area contributed by atoms with Crippen LogP contribution in [0.5, 0.6) is 0 Å². The van der Waals surface area contributed by atoms with Crippen molar-refractivity contribution in [3.63, 3.8) is 0 Å². The highest BCUT2D eigenvalue weighted by Gasteiger charge is 2.07. The van der Waals surface area contributed by atoms with E-state index in [1.165, 1.54) is 0 Å². The molecule has 0 radical (unpaired) electrons. The zero-order valence-electron chi connectivity index (χ0n) is 11.2. The molecule has 0 saturated heterocycles. The van der Waals surface area contributed by atoms with Crippen LogP contribution in [0.3, 0.4) is 0 Å². The van der Waals surface area contributed by atoms with E-state index in [4.69, 9.17) is 0 Å². The summed E-state index contributed by atoms with van der Waals surface area (Å²) in [6.07, 6.45) is 1.76. The van der Waals surface area contributed by atoms with E-state index < -0.39 is 0 Å². The fourth-order valence-electron chi connectivity index (χ4n) is 2.05. The molecule has 0 amide bonds. The Morgan fingerprint density at radius 1 is 1.10 bits per heavy atom. The van der Waals surface area contributed by atoms with E-state index in [-0.39, 0.29) is 0 Å². The molecule has 1 aromatic carbocycles. The molecule has 0 saturated carbocycles. The number of fused-ring (bicyclic) bond motifs is 1. The maximum absolute atomic E-state index is 4.50. The molecule has 0 aliphatic heterocycles. The summed E-state index contributed by atoms with van der Waals surface area (Å²) in [6.45, 7) is 1.99. The lowest BCUT2D eigenvalue weighted by Crippen LogP contribution is -1.97. The third-order valence-electron chi connectivity index (χ3n) is 3.07. The molecule has 0 unspecified atom stereocenters. The lowest BCUT2D eigenvalue weighted by molar-refractivity contribution is 1.15. The van der Waals surface area contributed by atoms with E-state index in [9.17, 15) is 0 Å². The van der Waals surface area contributed by atoms with Gasteiger partial charge in [0.1, 0.15) is 5.82 Å². The van der Waals surface area contributed by atoms with Gasteiger partial charge in [-0.05, 0) is 47.1 Å². The average Bonchev–Trinajstić information content (AvgIpc) is 2.47. The van der Waals surface area contributed by atoms with Gasteiger partial charge in [0.15, 0.2) is 5.82 Å². The molecule has 2 heterocycles. The van der Waals surface area contributed by atoms with Crippen LogP contribution in [0.15, 0.2) is 41.0 Å². The second kappa shape index (κ2) is 5.17. The normalized spacial score (nSPS) is 10.8. The van der Waals surface area contributed by atoms with Crippen molar-refractivity contribution in [3.8, 4) is 11.4 Å². The van der Waals surface area contributed by atoms with Gasteiger partial charge in [0, 0.05) is 29.9 Å². The first-order valence-electron chi connectivity index (χ1n) is 6.25. The molecule has 0 aliphatic rings. The molecule has 0 fully saturated rings. The standard InChI is InChI=1S/C15H13BrN4/c1-9-3-4-10-7-11(5-6-13(10)19-9)14-18-8-12(16)15(17-2)20-14/h3-8H,1-2H3,(H,17,18,20). The van der Waals surface area contributed by atoms with Gasteiger partial charge >= 0.3 is 0 Å². The van der Waals surface area contributed by atoms with E-state index in [0.29, 0.717) is 5.82 Å². The first-order chi connectivity index (χ1) is 9.67. The highest BCUT2D eigenvalue weighted by molar-refractivity contribution is 9.10. The Morgan fingerprint density at radius 3 is 2.75 bits per heavy atom. The third-order valence-corrected chi connectivity index (χ3v) is 3.65. The van der Waals surface area contributed by atoms with Crippen LogP contribution in [-0.2, 0) is 0 Å². The predicted octanol–water partition coefficient (Wildman–Crippen LogP) is 3.80. The fourth-order valence-corrected chi connectivity index (χ4v) is 2.44. The van der Waals surface area contributed by atoms with Crippen molar-refractivity contribution < 1.29 is 0 Å². The lowest BCUT2D eigenvalue weighted by Gasteiger charge is -2.06. The van der Waals surface area contributed by atoms with E-state index in [1.54, 1.807) is 6.20 Å². The maximum Gasteiger partial charge on any atom is 0.161 e. The van der Waals surface area contributed by atoms with Crippen LogP contribution in [0.25, 0.3) is 22.3 Å². The molecule has 3 rings (SSSR count). The maximum atomic E-state index is 4.50. The highest BCUT2D eigenvalue weighted by Crippen LogP contribution is 2.25. The number of aromatic nitrogens is 3. The molecule has 0 atom stereocenters. The molecule has 1 N–H and O–H groups in total. The smallest absolute Gasteiger partial charge is 0.161 e. The van der Waals surface area contributed by atoms with Gasteiger partial charge in [-0.2, -0.15) is 0 Å². The van der Waals surface area contributed by atoms with Gasteiger partial charge in [0.25, 0.3) is 0 Å². The minimum atomic E-state index is 0.694. The number of aryl methyl sites for hydroxylation is 1. The van der Waals surface area contributed by atoms with Crippen LogP contribution in [-0.4, -0.2) is 22.0 Å². The molecule has 100 valence electrons. The van der Waals surface area contributed by atoms with Crippen LogP contribution in [0.4, 0.5) is 5.82 Å². The minimum absolute atomic E-state index is 0.694. The van der Waals surface area contributed by atoms with Gasteiger partial charge in [-0.15, -0.1) is 0 Å². The summed E-state index contributed by atoms with van der Waals surface area (Å²) in [5, 5.41) is 4.13. The van der Waals surface area contributed by atoms with Gasteiger partial charge in [-0.25, -0.2) is 9.97 Å². The van der Waals surface area contributed by atoms with Crippen molar-refractivity contribution in [1.29, 1.82) is 0 Å². The zero-order valence-corrected chi connectivity index (χ0v) is 12.8. The summed E-state index contributed by atoms with van der Waals surface area (Å²) < 4.78 is 0.849. The molecule has 0 spiro atoms. The predicted molar refractivity (Wildman–Crippen MR) is 84.8 cm³/mol. The number of anilines is 1. The second-order valence-corrected chi connectivity index (χ2v) is 5.35. The molecule has 3 aromatic rings. The lowest BCUT2D eigenvalue weighted by atomic mass is 10.1. The van der Waals surface area contributed by atoms with Crippen molar-refractivity contribution in [2.75, 3.05) is 12.4 Å². The summed E-state index contributed by atoms with van der Waals surface area (Å²) in [6, 6.07) is 10.1. The van der Waals surface area contributed by atoms with E-state index in [0.717, 1.165) is 32.5 Å². The summed E-state index contributed by atoms with van der Waals surface area (Å²) in [7, 11) is 1.84. The number of hydrogen-bond donors (Lipinski definition) is 1. The molecule has 5 heteroatoms. The van der Waals surface area contributed by atoms with Crippen LogP contribution in [0.1, 0.15) is 5.69 Å². The van der Waals surface area contributed by atoms with Crippen molar-refractivity contribution in [2.24, 2.45) is 0 Å². The van der Waals surface area contributed by atoms with Gasteiger partial charge in [0.2, 0.25) is 0 Å². The van der Waals surface area contributed by atoms with Crippen LogP contribution in [0.2, 0.25) is 0 Å². The number of nitrogens with zero attached hydrogens (tertiary/aromatic N) is 3. The summed E-state index contributed by atoms with van der Waals surface area (Å²) >= 11 is 3.41. The van der Waals surface area contributed by atoms with Crippen LogP contribution < -0.4 is 5.32 Å². The molecular weight excluding hydrogens is 316 g/mol. The summed E-state index contributed by atoms with van der Waals surface area (Å²) in [5.74, 6) is 1.47. The minimum Gasteiger partial charge on any atom is -0.372 e. The molecule has 0 aliphatic carbocycles. The number of nitrogens with one attached hydrogen (secondary N) is 1. The summed E-state index contributed by atoms with van der Waals surface area (Å²) in [5.41, 5.74) is 2.98. The van der Waals surface area contributed by atoms with Crippen molar-refractivity contribution >= 4 is 32.7 Å². The van der Waals surface area contributed by atoms with E-state index in [2.05, 4.69) is 48.3 Å². The Balaban J connectivity index is 2.12. The fraction of sp³-hybridized carbons (Fsp3) is 0.133. The Kier molecular flexibility index (Phi) is 3.36. The first kappa shape index (κ1) is 13.0. The van der Waals surface area contributed by atoms with E-state index >= 15 is 0 Å². The average molecular weight is 329 g/mol. The molecule has 20 heavy (non-hydrogen) atoms. The van der Waals surface area contributed by atoms with Gasteiger partial charge in [-0.3, -0.25) is 4.98 Å². The molecule has 0 bridgehead atoms. The second-order valence-electron chi connectivity index (χ2n) is 4.50. The topological polar surface area (TPSA) is 50.7 Å². The zero-order chi connectivity index (χ0) is 14.1. The van der Waals surface area contributed by atoms with Gasteiger partial charge < -0.3 is 5.32 Å². The molecule has 2 aromatic heterocycles. The Hall–Kier alpha value is -2.01. The monoisotopic (exact) mass is 328 g/mol. The van der Waals surface area contributed by atoms with Crippen molar-refractivity contribution in [3.05, 3.63) is 46.7 Å². The number of pyridine rings is 1.